The Balaban J connectivity index is -0.0000000200. The summed E-state index contributed by atoms with van der Waals surface area (Å²) >= 11 is 0. The van der Waals surface area contributed by atoms with Gasteiger partial charge in [-0.2, -0.15) is 5.26 Å². The maximum absolute atomic E-state index is 7.32. The van der Waals surface area contributed by atoms with E-state index >= 15 is 0 Å². The van der Waals surface area contributed by atoms with E-state index in [9.17, 15) is 0 Å². The minimum absolute atomic E-state index is 0. The van der Waals surface area contributed by atoms with Gasteiger partial charge in [-0.1, -0.05) is 0 Å². The van der Waals surface area contributed by atoms with Crippen molar-refractivity contribution in [3.05, 3.63) is 0 Å². The molecule has 0 spiro atoms. The van der Waals surface area contributed by atoms with Crippen LogP contribution in [-0.2, 0) is 0 Å². The van der Waals surface area contributed by atoms with Gasteiger partial charge in [0, 0.05) is 36.5 Å². The fraction of sp³-hybridized carbons (Fsp3) is 0.500. The van der Waals surface area contributed by atoms with E-state index in [1.807, 2.05) is 0 Å². The van der Waals surface area contributed by atoms with Crippen LogP contribution in [0.2, 0.25) is 0 Å². The molecule has 0 aliphatic carbocycles. The average Bonchev–Trinajstić information content (AvgIpc) is 0.918. The molecule has 0 saturated carbocycles. The largest absolute Gasteiger partial charge is 0.199 e. The first-order valence-corrected chi connectivity index (χ1v) is 0.724. The molecule has 0 aromatic heterocycles. The van der Waals surface area contributed by atoms with Crippen LogP contribution < -0.4 is 0 Å². The van der Waals surface area contributed by atoms with Crippen LogP contribution in [-0.4, -0.2) is 29.6 Å². The maximum atomic E-state index is 7.32. The number of hydrogen-bond donors (Lipinski definition) is 0. The SMILES string of the molecule is CC#N.I.[Na]. The van der Waals surface area contributed by atoms with Crippen LogP contribution in [0.15, 0.2) is 0 Å². The molecule has 5 heavy (non-hydrogen) atoms. The second kappa shape index (κ2) is 18.9. The third-order valence-electron chi connectivity index (χ3n) is 0. The van der Waals surface area contributed by atoms with Gasteiger partial charge in [0.15, 0.2) is 0 Å². The molecular formula is C2H4INNa. The summed E-state index contributed by atoms with van der Waals surface area (Å²) < 4.78 is 0. The minimum atomic E-state index is 0. The van der Waals surface area contributed by atoms with Crippen LogP contribution in [0.5, 0.6) is 0 Å². The number of nitrogens with zero attached hydrogens (tertiary/aromatic N) is 1. The molecule has 0 unspecified atom stereocenters. The van der Waals surface area contributed by atoms with Crippen LogP contribution in [0.1, 0.15) is 6.92 Å². The van der Waals surface area contributed by atoms with Crippen molar-refractivity contribution in [3.63, 3.8) is 0 Å². The molecule has 0 aromatic carbocycles. The van der Waals surface area contributed by atoms with E-state index < -0.39 is 0 Å². The van der Waals surface area contributed by atoms with Crippen molar-refractivity contribution in [2.75, 3.05) is 0 Å². The molecule has 0 saturated heterocycles. The van der Waals surface area contributed by atoms with Crippen molar-refractivity contribution in [2.45, 2.75) is 6.92 Å². The molecule has 0 fully saturated rings. The predicted molar refractivity (Wildman–Crippen MR) is 32.5 cm³/mol. The molecule has 25 valence electrons. The number of rotatable bonds is 0. The van der Waals surface area contributed by atoms with Crippen LogP contribution in [0.3, 0.4) is 0 Å². The Morgan fingerprint density at radius 1 is 1.60 bits per heavy atom. The molecule has 0 N–H and O–H groups in total. The Morgan fingerprint density at radius 2 is 1.60 bits per heavy atom. The van der Waals surface area contributed by atoms with Gasteiger partial charge in [-0.15, -0.1) is 24.0 Å². The summed E-state index contributed by atoms with van der Waals surface area (Å²) in [7, 11) is 0. The van der Waals surface area contributed by atoms with Gasteiger partial charge in [0.25, 0.3) is 0 Å². The monoisotopic (exact) mass is 192 g/mol. The number of hydrogen-bond acceptors (Lipinski definition) is 1. The van der Waals surface area contributed by atoms with Gasteiger partial charge in [-0.05, 0) is 0 Å². The van der Waals surface area contributed by atoms with E-state index in [-0.39, 0.29) is 53.5 Å². The van der Waals surface area contributed by atoms with Crippen molar-refractivity contribution >= 4 is 53.5 Å². The molecule has 0 heterocycles. The van der Waals surface area contributed by atoms with Gasteiger partial charge < -0.3 is 0 Å². The summed E-state index contributed by atoms with van der Waals surface area (Å²) in [5.41, 5.74) is 0. The predicted octanol–water partition coefficient (Wildman–Crippen LogP) is 0.767. The quantitative estimate of drug-likeness (QED) is 0.410. The number of halogens is 1. The molecular weight excluding hydrogens is 188 g/mol. The van der Waals surface area contributed by atoms with Crippen LogP contribution in [0.25, 0.3) is 0 Å². The van der Waals surface area contributed by atoms with Crippen molar-refractivity contribution in [1.29, 1.82) is 5.26 Å². The molecule has 0 atom stereocenters. The summed E-state index contributed by atoms with van der Waals surface area (Å²) in [6.45, 7) is 1.43. The first-order chi connectivity index (χ1) is 1.41. The summed E-state index contributed by atoms with van der Waals surface area (Å²) in [5, 5.41) is 7.32. The molecule has 1 nitrogen and oxygen atoms in total. The fourth-order valence-corrected chi connectivity index (χ4v) is 0. The summed E-state index contributed by atoms with van der Waals surface area (Å²) in [5.74, 6) is 0. The smallest absolute Gasteiger partial charge is 0.0587 e. The Kier molecular flexibility index (Phi) is 61.7. The third kappa shape index (κ3) is 36.4. The van der Waals surface area contributed by atoms with Crippen molar-refractivity contribution in [1.82, 2.24) is 0 Å². The zero-order chi connectivity index (χ0) is 2.71. The molecule has 0 amide bonds. The molecule has 1 radical (unpaired) electrons. The van der Waals surface area contributed by atoms with E-state index in [1.54, 1.807) is 6.07 Å². The normalized spacial score (nSPS) is 1.60. The van der Waals surface area contributed by atoms with Crippen LogP contribution in [0.4, 0.5) is 0 Å². The van der Waals surface area contributed by atoms with Gasteiger partial charge in [-0.3, -0.25) is 0 Å². The second-order valence-electron chi connectivity index (χ2n) is 0.224. The summed E-state index contributed by atoms with van der Waals surface area (Å²) in [6.07, 6.45) is 0. The van der Waals surface area contributed by atoms with Crippen molar-refractivity contribution in [3.8, 4) is 6.07 Å². The molecule has 0 rings (SSSR count). The van der Waals surface area contributed by atoms with Gasteiger partial charge in [0.1, 0.15) is 0 Å². The zero-order valence-corrected chi connectivity index (χ0v) is 7.69. The molecule has 0 aliphatic rings. The molecule has 3 heteroatoms. The van der Waals surface area contributed by atoms with Crippen molar-refractivity contribution in [2.24, 2.45) is 0 Å². The Bertz CT molecular complexity index is 31.1. The first-order valence-electron chi connectivity index (χ1n) is 0.724. The molecule has 0 aliphatic heterocycles. The third-order valence-corrected chi connectivity index (χ3v) is 0. The van der Waals surface area contributed by atoms with Gasteiger partial charge >= 0.3 is 0 Å². The summed E-state index contributed by atoms with van der Waals surface area (Å²) in [6, 6.07) is 1.75. The fourth-order valence-electron chi connectivity index (χ4n) is 0. The van der Waals surface area contributed by atoms with E-state index in [0.29, 0.717) is 0 Å². The van der Waals surface area contributed by atoms with Crippen LogP contribution in [0, 0.1) is 11.3 Å². The minimum Gasteiger partial charge on any atom is -0.199 e. The Labute approximate surface area is 71.1 Å². The number of nitriles is 1. The maximum Gasteiger partial charge on any atom is 0.0587 e. The summed E-state index contributed by atoms with van der Waals surface area (Å²) in [4.78, 5) is 0. The van der Waals surface area contributed by atoms with Crippen LogP contribution >= 0.6 is 24.0 Å². The standard InChI is InChI=1S/C2H3N.HI.Na/c1-2-3;;/h1H3;1H;. The van der Waals surface area contributed by atoms with E-state index in [0.717, 1.165) is 0 Å². The topological polar surface area (TPSA) is 23.8 Å². The van der Waals surface area contributed by atoms with E-state index in [4.69, 9.17) is 5.26 Å². The molecule has 0 aromatic rings. The van der Waals surface area contributed by atoms with Gasteiger partial charge in [-0.25, -0.2) is 0 Å². The Morgan fingerprint density at radius 3 is 1.60 bits per heavy atom. The average molecular weight is 192 g/mol. The van der Waals surface area contributed by atoms with Gasteiger partial charge in [0.2, 0.25) is 0 Å². The van der Waals surface area contributed by atoms with E-state index in [2.05, 4.69) is 0 Å². The van der Waals surface area contributed by atoms with Crippen molar-refractivity contribution < 1.29 is 0 Å². The van der Waals surface area contributed by atoms with E-state index in [1.165, 1.54) is 6.92 Å². The van der Waals surface area contributed by atoms with Gasteiger partial charge in [0.05, 0.1) is 6.07 Å². The first kappa shape index (κ1) is 16.3. The second-order valence-corrected chi connectivity index (χ2v) is 0.224. The zero-order valence-electron chi connectivity index (χ0n) is 3.36. The molecule has 0 bridgehead atoms. The Hall–Kier alpha value is 1.22.